The van der Waals surface area contributed by atoms with Crippen molar-refractivity contribution >= 4 is 35.4 Å². The first kappa shape index (κ1) is 80.0. The molecule has 0 aliphatic heterocycles. The highest BCUT2D eigenvalue weighted by atomic mass is 19.2. The van der Waals surface area contributed by atoms with E-state index in [2.05, 4.69) is 61.0 Å². The predicted octanol–water partition coefficient (Wildman–Crippen LogP) is 9.56. The normalized spacial score (nSPS) is 9.55. The summed E-state index contributed by atoms with van der Waals surface area (Å²) in [5, 5.41) is 13.5. The Morgan fingerprint density at radius 2 is 0.543 bits per heavy atom. The van der Waals surface area contributed by atoms with Gasteiger partial charge in [-0.05, 0) is 71.8 Å². The van der Waals surface area contributed by atoms with Gasteiger partial charge in [0.2, 0.25) is 0 Å². The maximum absolute atomic E-state index is 13.1. The van der Waals surface area contributed by atoms with Gasteiger partial charge in [-0.1, -0.05) is 6.07 Å². The zero-order chi connectivity index (χ0) is 71.0. The molecule has 0 spiro atoms. The Morgan fingerprint density at radius 3 is 0.904 bits per heavy atom. The molecule has 0 aromatic heterocycles. The average molecular weight is 1330 g/mol. The van der Waals surface area contributed by atoms with E-state index in [0.717, 1.165) is 72.8 Å². The van der Waals surface area contributed by atoms with Crippen molar-refractivity contribution in [3.05, 3.63) is 280 Å². The first-order chi connectivity index (χ1) is 44.4. The van der Waals surface area contributed by atoms with Crippen LogP contribution in [0.4, 0.5) is 70.2 Å². The standard InChI is InChI=1S/4C10H7F3N2O.2C10H8F2N2O/c2*1-14-5-9(16)15-4-6-2-7(11)3-8(12)10(6)13;1-14-5-9(16)15-4-6-2-7(11)10(13)8(12)3-6;1-14-5-8(16)15-4-6-2-3-7(11)10(13)9(6)12;1-13-6-10(15)14-5-7-2-8(11)4-9(12)3-7;1-13-6-10(15)14-5-7-4-8(11)2-3-9(7)12/h4*2-3H,4-5H2,(H,15,16);2*2-4H,5-6H2,(H,14,15). The van der Waals surface area contributed by atoms with Crippen molar-refractivity contribution in [2.75, 3.05) is 39.3 Å². The molecule has 0 saturated carbocycles. The molecule has 6 aromatic rings. The molecule has 0 aliphatic carbocycles. The summed E-state index contributed by atoms with van der Waals surface area (Å²) in [6, 6.07) is 11.8. The van der Waals surface area contributed by atoms with E-state index in [4.69, 9.17) is 39.4 Å². The summed E-state index contributed by atoms with van der Waals surface area (Å²) in [7, 11) is 0. The fourth-order valence-electron chi connectivity index (χ4n) is 6.22. The molecule has 0 heterocycles. The van der Waals surface area contributed by atoms with Crippen molar-refractivity contribution in [3.8, 4) is 0 Å². The third kappa shape index (κ3) is 31.4. The van der Waals surface area contributed by atoms with Crippen LogP contribution >= 0.6 is 0 Å². The summed E-state index contributed by atoms with van der Waals surface area (Å²) in [6.45, 7) is 35.1. The number of hydrogen-bond acceptors (Lipinski definition) is 6. The molecule has 94 heavy (non-hydrogen) atoms. The molecule has 0 unspecified atom stereocenters. The maximum atomic E-state index is 13.1. The Bertz CT molecular complexity index is 3810. The number of halogens is 16. The SMILES string of the molecule is [C-]#[N+]CC(=O)NCc1cc(F)c(F)c(F)c1.[C-]#[N+]CC(=O)NCc1cc(F)cc(F)c1.[C-]#[N+]CC(=O)NCc1cc(F)cc(F)c1F.[C-]#[N+]CC(=O)NCc1cc(F)cc(F)c1F.[C-]#[N+]CC(=O)NCc1cc(F)ccc1F.[C-]#[N+]CC(=O)NCc1ccc(F)c(F)c1F. The number of nitrogens with zero attached hydrogens (tertiary/aromatic N) is 6. The lowest BCUT2D eigenvalue weighted by Gasteiger charge is -2.04. The zero-order valence-corrected chi connectivity index (χ0v) is 47.7. The molecular formula is C60H44F16N12O6. The molecule has 34 heteroatoms. The minimum Gasteiger partial charge on any atom is -0.346 e. The minimum atomic E-state index is -1.57. The Kier molecular flexibility index (Phi) is 36.4. The first-order valence-electron chi connectivity index (χ1n) is 25.4. The lowest BCUT2D eigenvalue weighted by Crippen LogP contribution is -2.25. The topological polar surface area (TPSA) is 201 Å². The number of benzene rings is 6. The van der Waals surface area contributed by atoms with E-state index in [-0.39, 0.29) is 93.3 Å². The minimum absolute atomic E-state index is 0.0169. The number of nitrogens with one attached hydrogen (secondary N) is 6. The van der Waals surface area contributed by atoms with Crippen LogP contribution in [0.3, 0.4) is 0 Å². The molecule has 0 saturated heterocycles. The molecule has 0 aliphatic rings. The van der Waals surface area contributed by atoms with Gasteiger partial charge in [0.1, 0.15) is 34.9 Å². The van der Waals surface area contributed by atoms with E-state index in [9.17, 15) is 99.0 Å². The fourth-order valence-corrected chi connectivity index (χ4v) is 6.22. The van der Waals surface area contributed by atoms with Crippen molar-refractivity contribution in [1.82, 2.24) is 31.9 Å². The smallest absolute Gasteiger partial charge is 0.300 e. The van der Waals surface area contributed by atoms with Gasteiger partial charge in [-0.15, -0.1) is 0 Å². The zero-order valence-electron chi connectivity index (χ0n) is 47.7. The van der Waals surface area contributed by atoms with E-state index in [1.165, 1.54) is 0 Å². The number of carbonyl (C=O) groups excluding carboxylic acids is 6. The Hall–Kier alpha value is -12.0. The second-order valence-corrected chi connectivity index (χ2v) is 17.5. The van der Waals surface area contributed by atoms with E-state index >= 15 is 0 Å². The Labute approximate surface area is 523 Å². The van der Waals surface area contributed by atoms with Crippen LogP contribution in [0.25, 0.3) is 29.1 Å². The van der Waals surface area contributed by atoms with Crippen LogP contribution in [-0.4, -0.2) is 74.7 Å². The van der Waals surface area contributed by atoms with Gasteiger partial charge in [0, 0.05) is 79.7 Å². The molecule has 0 bridgehead atoms. The molecule has 6 amide bonds. The van der Waals surface area contributed by atoms with Gasteiger partial charge in [0.15, 0.2) is 58.2 Å². The summed E-state index contributed by atoms with van der Waals surface area (Å²) in [4.78, 5) is 82.2. The molecule has 0 radical (unpaired) electrons. The van der Waals surface area contributed by atoms with Crippen molar-refractivity contribution < 1.29 is 99.0 Å². The quantitative estimate of drug-likeness (QED) is 0.0214. The van der Waals surface area contributed by atoms with E-state index in [0.29, 0.717) is 17.7 Å². The number of carbonyl (C=O) groups is 6. The summed E-state index contributed by atoms with van der Waals surface area (Å²) in [6.07, 6.45) is 0. The van der Waals surface area contributed by atoms with Gasteiger partial charge in [0.25, 0.3) is 74.7 Å². The van der Waals surface area contributed by atoms with Crippen molar-refractivity contribution in [3.63, 3.8) is 0 Å². The van der Waals surface area contributed by atoms with Crippen molar-refractivity contribution in [2.45, 2.75) is 39.3 Å². The van der Waals surface area contributed by atoms with Crippen LogP contribution in [0, 0.1) is 133 Å². The van der Waals surface area contributed by atoms with Gasteiger partial charge >= 0.3 is 0 Å². The molecule has 6 N–H and O–H groups in total. The molecule has 492 valence electrons. The third-order valence-corrected chi connectivity index (χ3v) is 10.4. The summed E-state index contributed by atoms with van der Waals surface area (Å²) < 4.78 is 205. The van der Waals surface area contributed by atoms with Crippen LogP contribution in [0.2, 0.25) is 0 Å². The highest BCUT2D eigenvalue weighted by Crippen LogP contribution is 2.18. The molecule has 0 atom stereocenters. The molecule has 6 rings (SSSR count). The second kappa shape index (κ2) is 42.8. The first-order valence-corrected chi connectivity index (χ1v) is 25.4. The predicted molar refractivity (Wildman–Crippen MR) is 298 cm³/mol. The highest BCUT2D eigenvalue weighted by molar-refractivity contribution is 5.81. The maximum Gasteiger partial charge on any atom is 0.300 e. The average Bonchev–Trinajstić information content (AvgIpc) is 0.934. The van der Waals surface area contributed by atoms with E-state index in [1.807, 2.05) is 0 Å². The lowest BCUT2D eigenvalue weighted by molar-refractivity contribution is -0.120. The lowest BCUT2D eigenvalue weighted by atomic mass is 10.2. The van der Waals surface area contributed by atoms with Gasteiger partial charge in [-0.2, -0.15) is 0 Å². The van der Waals surface area contributed by atoms with Crippen molar-refractivity contribution in [1.29, 1.82) is 0 Å². The van der Waals surface area contributed by atoms with Gasteiger partial charge in [-0.25, -0.2) is 110 Å². The van der Waals surface area contributed by atoms with Crippen LogP contribution in [0.5, 0.6) is 0 Å². The number of amides is 6. The van der Waals surface area contributed by atoms with Crippen LogP contribution in [0.1, 0.15) is 33.4 Å². The molecule has 0 fully saturated rings. The van der Waals surface area contributed by atoms with Gasteiger partial charge < -0.3 is 61.0 Å². The highest BCUT2D eigenvalue weighted by Gasteiger charge is 2.17. The van der Waals surface area contributed by atoms with E-state index in [1.54, 1.807) is 0 Å². The molecular weight excluding hydrogens is 1290 g/mol. The van der Waals surface area contributed by atoms with Crippen LogP contribution < -0.4 is 31.9 Å². The van der Waals surface area contributed by atoms with Crippen LogP contribution in [-0.2, 0) is 68.0 Å². The Morgan fingerprint density at radius 1 is 0.255 bits per heavy atom. The third-order valence-electron chi connectivity index (χ3n) is 10.4. The van der Waals surface area contributed by atoms with E-state index < -0.39 is 142 Å². The Balaban J connectivity index is 0.000000564. The van der Waals surface area contributed by atoms with Gasteiger partial charge in [-0.3, -0.25) is 28.8 Å². The molecule has 18 nitrogen and oxygen atoms in total. The summed E-state index contributed by atoms with van der Waals surface area (Å²) >= 11 is 0. The second-order valence-electron chi connectivity index (χ2n) is 17.5. The number of rotatable bonds is 18. The largest absolute Gasteiger partial charge is 0.346 e. The summed E-state index contributed by atoms with van der Waals surface area (Å²) in [5.41, 5.74) is -0.280. The van der Waals surface area contributed by atoms with Crippen molar-refractivity contribution in [2.24, 2.45) is 0 Å². The van der Waals surface area contributed by atoms with Crippen LogP contribution in [0.15, 0.2) is 84.9 Å². The summed E-state index contributed by atoms with van der Waals surface area (Å²) in [5.74, 6) is -21.1. The monoisotopic (exact) mass is 1330 g/mol. The van der Waals surface area contributed by atoms with Gasteiger partial charge in [0.05, 0.1) is 0 Å². The molecule has 6 aromatic carbocycles. The fraction of sp³-hybridized carbons (Fsp3) is 0.200. The number of hydrogen-bond donors (Lipinski definition) is 6.